The molecule has 0 aliphatic rings. The topological polar surface area (TPSA) is 109 Å². The van der Waals surface area contributed by atoms with Gasteiger partial charge in [0.25, 0.3) is 0 Å². The predicted octanol–water partition coefficient (Wildman–Crippen LogP) is 2.30. The van der Waals surface area contributed by atoms with Crippen molar-refractivity contribution in [1.82, 2.24) is 29.8 Å². The third-order valence-corrected chi connectivity index (χ3v) is 3.63. The molecule has 4 aromatic heterocycles. The van der Waals surface area contributed by atoms with Gasteiger partial charge in [-0.3, -0.25) is 0 Å². The van der Waals surface area contributed by atoms with Crippen molar-refractivity contribution in [1.29, 1.82) is 0 Å². The molecule has 0 unspecified atom stereocenters. The molecule has 4 heterocycles. The van der Waals surface area contributed by atoms with Gasteiger partial charge in [-0.15, -0.1) is 0 Å². The summed E-state index contributed by atoms with van der Waals surface area (Å²) in [6.45, 7) is 0.362. The highest BCUT2D eigenvalue weighted by molar-refractivity contribution is 6.29. The van der Waals surface area contributed by atoms with E-state index in [9.17, 15) is 4.39 Å². The summed E-state index contributed by atoms with van der Waals surface area (Å²) in [5.74, 6) is -0.0313. The molecule has 4 rings (SSSR count). The molecule has 10 heteroatoms. The molecule has 2 N–H and O–H groups in total. The van der Waals surface area contributed by atoms with Crippen LogP contribution in [0.3, 0.4) is 0 Å². The lowest BCUT2D eigenvalue weighted by molar-refractivity contribution is 0.310. The molecular weight excluding hydrogens is 337 g/mol. The van der Waals surface area contributed by atoms with E-state index in [0.29, 0.717) is 28.7 Å². The van der Waals surface area contributed by atoms with E-state index in [4.69, 9.17) is 17.3 Å². The van der Waals surface area contributed by atoms with Crippen molar-refractivity contribution in [3.8, 4) is 11.5 Å². The molecule has 0 fully saturated rings. The number of halogens is 2. The van der Waals surface area contributed by atoms with Crippen LogP contribution in [-0.2, 0) is 6.54 Å². The Bertz CT molecular complexity index is 1030. The van der Waals surface area contributed by atoms with E-state index in [1.165, 1.54) is 6.07 Å². The largest absolute Gasteiger partial charge is 0.379 e. The number of rotatable bonds is 3. The first kappa shape index (κ1) is 14.5. The van der Waals surface area contributed by atoms with Crippen molar-refractivity contribution < 1.29 is 9.02 Å². The Balaban J connectivity index is 1.91. The Morgan fingerprint density at radius 3 is 2.79 bits per heavy atom. The van der Waals surface area contributed by atoms with Gasteiger partial charge in [-0.05, 0) is 21.9 Å². The van der Waals surface area contributed by atoms with Crippen LogP contribution in [0.15, 0.2) is 35.2 Å². The molecule has 0 aliphatic carbocycles. The first-order chi connectivity index (χ1) is 11.6. The second-order valence-electron chi connectivity index (χ2n) is 5.01. The molecule has 0 amide bonds. The van der Waals surface area contributed by atoms with Crippen molar-refractivity contribution in [3.05, 3.63) is 47.1 Å². The number of nitrogen functional groups attached to an aromatic ring is 1. The van der Waals surface area contributed by atoms with Crippen LogP contribution >= 0.6 is 11.6 Å². The Hall–Kier alpha value is -3.07. The highest BCUT2D eigenvalue weighted by atomic mass is 35.5. The normalized spacial score (nSPS) is 11.2. The molecule has 0 aromatic carbocycles. The minimum Gasteiger partial charge on any atom is -0.379 e. The summed E-state index contributed by atoms with van der Waals surface area (Å²) in [6.07, 6.45) is 2.75. The highest BCUT2D eigenvalue weighted by Crippen LogP contribution is 2.26. The van der Waals surface area contributed by atoms with E-state index in [-0.39, 0.29) is 11.5 Å². The minimum atomic E-state index is -0.488. The monoisotopic (exact) mass is 345 g/mol. The number of hydrogen-bond acceptors (Lipinski definition) is 7. The lowest BCUT2D eigenvalue weighted by Crippen LogP contribution is -2.05. The summed E-state index contributed by atoms with van der Waals surface area (Å²) in [4.78, 5) is 12.5. The van der Waals surface area contributed by atoms with Crippen molar-refractivity contribution >= 4 is 28.6 Å². The fourth-order valence-electron chi connectivity index (χ4n) is 2.35. The summed E-state index contributed by atoms with van der Waals surface area (Å²) in [5, 5.41) is 7.71. The first-order valence-corrected chi connectivity index (χ1v) is 7.20. The van der Waals surface area contributed by atoms with Gasteiger partial charge in [0.2, 0.25) is 0 Å². The molecule has 0 radical (unpaired) electrons. The number of aromatic nitrogens is 6. The molecule has 0 saturated carbocycles. The number of hydrogen-bond donors (Lipinski definition) is 1. The maximum atomic E-state index is 13.5. The standard InChI is InChI=1S/C14H9ClFN7O/c15-10-2-1-7(4-18-10)6-23-13-9(3-8(16)5-19-13)20-14(23)11-12(17)22-24-21-11/h1-5H,6H2,(H2,17,22). The van der Waals surface area contributed by atoms with Gasteiger partial charge in [0.15, 0.2) is 23.0 Å². The van der Waals surface area contributed by atoms with Crippen LogP contribution in [-0.4, -0.2) is 29.8 Å². The van der Waals surface area contributed by atoms with Crippen molar-refractivity contribution in [2.75, 3.05) is 5.73 Å². The fourth-order valence-corrected chi connectivity index (χ4v) is 2.46. The average molecular weight is 346 g/mol. The predicted molar refractivity (Wildman–Crippen MR) is 83.5 cm³/mol. The lowest BCUT2D eigenvalue weighted by Gasteiger charge is -2.07. The van der Waals surface area contributed by atoms with E-state index in [2.05, 4.69) is 29.9 Å². The van der Waals surface area contributed by atoms with Crippen LogP contribution in [0.4, 0.5) is 10.2 Å². The van der Waals surface area contributed by atoms with Crippen LogP contribution in [0.5, 0.6) is 0 Å². The van der Waals surface area contributed by atoms with Crippen molar-refractivity contribution in [3.63, 3.8) is 0 Å². The zero-order valence-corrected chi connectivity index (χ0v) is 12.8. The van der Waals surface area contributed by atoms with Crippen molar-refractivity contribution in [2.45, 2.75) is 6.54 Å². The molecule has 0 bridgehead atoms. The maximum Gasteiger partial charge on any atom is 0.199 e. The van der Waals surface area contributed by atoms with Crippen LogP contribution in [0.2, 0.25) is 5.15 Å². The summed E-state index contributed by atoms with van der Waals surface area (Å²) in [5.41, 5.74) is 7.71. The second-order valence-corrected chi connectivity index (χ2v) is 5.39. The zero-order valence-electron chi connectivity index (χ0n) is 12.0. The molecular formula is C14H9ClFN7O. The number of pyridine rings is 2. The third kappa shape index (κ3) is 2.44. The summed E-state index contributed by atoms with van der Waals surface area (Å²) in [6, 6.07) is 4.78. The number of anilines is 1. The molecule has 0 saturated heterocycles. The van der Waals surface area contributed by atoms with Gasteiger partial charge in [-0.1, -0.05) is 17.7 Å². The van der Waals surface area contributed by atoms with Crippen LogP contribution < -0.4 is 5.73 Å². The van der Waals surface area contributed by atoms with Gasteiger partial charge in [-0.2, -0.15) is 0 Å². The van der Waals surface area contributed by atoms with Gasteiger partial charge in [0.05, 0.1) is 12.7 Å². The molecule has 0 aliphatic heterocycles. The summed E-state index contributed by atoms with van der Waals surface area (Å²) in [7, 11) is 0. The Labute approximate surface area is 139 Å². The van der Waals surface area contributed by atoms with Crippen LogP contribution in [0.1, 0.15) is 5.56 Å². The Morgan fingerprint density at radius 1 is 1.21 bits per heavy atom. The minimum absolute atomic E-state index is 0.0845. The van der Waals surface area contributed by atoms with E-state index in [1.807, 2.05) is 6.07 Å². The third-order valence-electron chi connectivity index (χ3n) is 3.41. The first-order valence-electron chi connectivity index (χ1n) is 6.82. The van der Waals surface area contributed by atoms with Crippen LogP contribution in [0, 0.1) is 5.82 Å². The summed E-state index contributed by atoms with van der Waals surface area (Å²) >= 11 is 5.81. The highest BCUT2D eigenvalue weighted by Gasteiger charge is 2.20. The van der Waals surface area contributed by atoms with E-state index < -0.39 is 5.82 Å². The zero-order chi connectivity index (χ0) is 16.7. The van der Waals surface area contributed by atoms with Crippen LogP contribution in [0.25, 0.3) is 22.7 Å². The lowest BCUT2D eigenvalue weighted by atomic mass is 10.3. The van der Waals surface area contributed by atoms with E-state index in [1.54, 1.807) is 16.8 Å². The number of nitrogens with zero attached hydrogens (tertiary/aromatic N) is 6. The Morgan fingerprint density at radius 2 is 2.08 bits per heavy atom. The van der Waals surface area contributed by atoms with E-state index in [0.717, 1.165) is 11.8 Å². The SMILES string of the molecule is Nc1nonc1-c1nc2cc(F)cnc2n1Cc1ccc(Cl)nc1. The van der Waals surface area contributed by atoms with Crippen molar-refractivity contribution in [2.24, 2.45) is 0 Å². The maximum absolute atomic E-state index is 13.5. The second kappa shape index (κ2) is 5.53. The molecule has 8 nitrogen and oxygen atoms in total. The molecule has 0 atom stereocenters. The Kier molecular flexibility index (Phi) is 3.35. The van der Waals surface area contributed by atoms with Gasteiger partial charge in [0.1, 0.15) is 16.5 Å². The number of fused-ring (bicyclic) bond motifs is 1. The molecule has 0 spiro atoms. The quantitative estimate of drug-likeness (QED) is 0.567. The van der Waals surface area contributed by atoms with Gasteiger partial charge >= 0.3 is 0 Å². The molecule has 24 heavy (non-hydrogen) atoms. The van der Waals surface area contributed by atoms with Gasteiger partial charge in [0, 0.05) is 12.3 Å². The fraction of sp³-hybridized carbons (Fsp3) is 0.0714. The summed E-state index contributed by atoms with van der Waals surface area (Å²) < 4.78 is 19.8. The van der Waals surface area contributed by atoms with E-state index >= 15 is 0 Å². The van der Waals surface area contributed by atoms with Gasteiger partial charge in [-0.25, -0.2) is 24.0 Å². The van der Waals surface area contributed by atoms with Gasteiger partial charge < -0.3 is 10.3 Å². The molecule has 120 valence electrons. The number of nitrogens with two attached hydrogens (primary N) is 1. The number of imidazole rings is 1. The smallest absolute Gasteiger partial charge is 0.199 e. The average Bonchev–Trinajstić information content (AvgIpc) is 3.13. The molecule has 4 aromatic rings.